The zero-order chi connectivity index (χ0) is 48.1. The first-order valence-electron chi connectivity index (χ1n) is 24.4. The number of piperidine rings is 1. The molecule has 3 aliphatic heterocycles. The highest BCUT2D eigenvalue weighted by Gasteiger charge is 2.45. The number of carbonyl (C=O) groups is 4. The van der Waals surface area contributed by atoms with Gasteiger partial charge in [0.2, 0.25) is 17.8 Å². The van der Waals surface area contributed by atoms with E-state index in [-0.39, 0.29) is 42.2 Å². The number of hydrogen-bond donors (Lipinski definition) is 4. The van der Waals surface area contributed by atoms with E-state index in [0.29, 0.717) is 77.6 Å². The van der Waals surface area contributed by atoms with Crippen LogP contribution in [0.3, 0.4) is 0 Å². The third-order valence-corrected chi connectivity index (χ3v) is 13.3. The number of anilines is 2. The summed E-state index contributed by atoms with van der Waals surface area (Å²) in [6, 6.07) is 13.2. The van der Waals surface area contributed by atoms with Crippen LogP contribution in [0, 0.1) is 0 Å². The van der Waals surface area contributed by atoms with Crippen molar-refractivity contribution in [3.63, 3.8) is 0 Å². The number of aliphatic hydroxyl groups is 1. The summed E-state index contributed by atoms with van der Waals surface area (Å²) in [5.74, 6) is -1.56. The number of fused-ring (bicyclic) bond motifs is 2. The Bertz CT molecular complexity index is 2360. The summed E-state index contributed by atoms with van der Waals surface area (Å²) in [5.41, 5.74) is 5.40. The molecule has 0 radical (unpaired) electrons. The Labute approximate surface area is 403 Å². The number of rotatable bonds is 25. The number of nitrogens with zero attached hydrogens (tertiary/aromatic N) is 6. The lowest BCUT2D eigenvalue weighted by atomic mass is 9.93. The lowest BCUT2D eigenvalue weighted by Crippen LogP contribution is -2.54. The summed E-state index contributed by atoms with van der Waals surface area (Å²) in [7, 11) is 1.69. The maximum atomic E-state index is 13.2. The first-order valence-corrected chi connectivity index (χ1v) is 24.4. The highest BCUT2D eigenvalue weighted by Crippen LogP contribution is 2.37. The summed E-state index contributed by atoms with van der Waals surface area (Å²) in [6.07, 6.45) is 7.55. The van der Waals surface area contributed by atoms with Gasteiger partial charge in [0.25, 0.3) is 11.8 Å². The fourth-order valence-electron chi connectivity index (χ4n) is 9.55. The number of aromatic nitrogens is 3. The van der Waals surface area contributed by atoms with Crippen molar-refractivity contribution in [2.45, 2.75) is 76.2 Å². The molecular formula is C50H67N9O10. The Morgan fingerprint density at radius 1 is 0.797 bits per heavy atom. The van der Waals surface area contributed by atoms with Gasteiger partial charge in [0.15, 0.2) is 0 Å². The average molecular weight is 954 g/mol. The summed E-state index contributed by atoms with van der Waals surface area (Å²) >= 11 is 0. The van der Waals surface area contributed by atoms with Crippen LogP contribution < -0.4 is 16.0 Å². The van der Waals surface area contributed by atoms with Crippen LogP contribution in [0.1, 0.15) is 77.8 Å². The fourth-order valence-corrected chi connectivity index (χ4v) is 9.55. The van der Waals surface area contributed by atoms with Gasteiger partial charge >= 0.3 is 0 Å². The first-order chi connectivity index (χ1) is 33.7. The van der Waals surface area contributed by atoms with E-state index in [0.717, 1.165) is 92.0 Å². The molecule has 4 N–H and O–H groups in total. The van der Waals surface area contributed by atoms with Crippen LogP contribution in [0.2, 0.25) is 0 Å². The monoisotopic (exact) mass is 954 g/mol. The molecule has 19 nitrogen and oxygen atoms in total. The lowest BCUT2D eigenvalue weighted by molar-refractivity contribution is -0.136. The molecule has 4 aliphatic rings. The van der Waals surface area contributed by atoms with Crippen LogP contribution in [-0.2, 0) is 39.8 Å². The Hall–Kier alpha value is -5.38. The number of ether oxygens (including phenoxy) is 5. The molecule has 372 valence electrons. The molecule has 8 rings (SSSR count). The average Bonchev–Trinajstić information content (AvgIpc) is 3.85. The second-order valence-electron chi connectivity index (χ2n) is 18.2. The van der Waals surface area contributed by atoms with Crippen molar-refractivity contribution >= 4 is 46.3 Å². The molecule has 1 aliphatic carbocycles. The number of hydrogen-bond acceptors (Lipinski definition) is 16. The minimum atomic E-state index is -1.01. The number of carbonyl (C=O) groups excluding carboxylic acids is 4. The summed E-state index contributed by atoms with van der Waals surface area (Å²) < 4.78 is 30.4. The van der Waals surface area contributed by atoms with E-state index >= 15 is 0 Å². The molecular weight excluding hydrogens is 887 g/mol. The largest absolute Gasteiger partial charge is 0.393 e. The topological polar surface area (TPSA) is 211 Å². The molecule has 3 fully saturated rings. The highest BCUT2D eigenvalue weighted by atomic mass is 16.6. The van der Waals surface area contributed by atoms with Crippen LogP contribution in [0.15, 0.2) is 54.9 Å². The molecule has 1 unspecified atom stereocenters. The minimum Gasteiger partial charge on any atom is -0.393 e. The van der Waals surface area contributed by atoms with Gasteiger partial charge in [-0.25, -0.2) is 4.98 Å². The van der Waals surface area contributed by atoms with Crippen LogP contribution in [0.25, 0.3) is 22.2 Å². The van der Waals surface area contributed by atoms with Crippen molar-refractivity contribution in [1.29, 1.82) is 0 Å². The zero-order valence-electron chi connectivity index (χ0n) is 39.9. The van der Waals surface area contributed by atoms with Crippen LogP contribution in [-0.4, -0.2) is 182 Å². The second kappa shape index (κ2) is 24.4. The van der Waals surface area contributed by atoms with E-state index in [2.05, 4.69) is 72.7 Å². The Balaban J connectivity index is 0.657. The van der Waals surface area contributed by atoms with E-state index in [1.54, 1.807) is 25.3 Å². The van der Waals surface area contributed by atoms with Crippen molar-refractivity contribution in [2.75, 3.05) is 116 Å². The number of piperazine rings is 1. The third kappa shape index (κ3) is 12.9. The molecule has 4 aromatic rings. The molecule has 0 spiro atoms. The van der Waals surface area contributed by atoms with Gasteiger partial charge in [-0.2, -0.15) is 4.98 Å². The molecule has 19 heteroatoms. The zero-order valence-corrected chi connectivity index (χ0v) is 39.9. The van der Waals surface area contributed by atoms with Gasteiger partial charge < -0.3 is 44.0 Å². The van der Waals surface area contributed by atoms with Crippen LogP contribution in [0.4, 0.5) is 11.6 Å². The smallest absolute Gasteiger partial charge is 0.264 e. The van der Waals surface area contributed by atoms with Gasteiger partial charge in [-0.15, -0.1) is 0 Å². The van der Waals surface area contributed by atoms with Crippen LogP contribution >= 0.6 is 0 Å². The van der Waals surface area contributed by atoms with Gasteiger partial charge in [-0.3, -0.25) is 39.2 Å². The van der Waals surface area contributed by atoms with Gasteiger partial charge in [0, 0.05) is 100 Å². The Morgan fingerprint density at radius 3 is 2.17 bits per heavy atom. The van der Waals surface area contributed by atoms with Crippen LogP contribution in [0.5, 0.6) is 0 Å². The van der Waals surface area contributed by atoms with Crippen molar-refractivity contribution in [3.05, 3.63) is 71.5 Å². The summed E-state index contributed by atoms with van der Waals surface area (Å²) in [4.78, 5) is 65.8. The predicted molar refractivity (Wildman–Crippen MR) is 258 cm³/mol. The number of nitrogens with one attached hydrogen (secondary N) is 3. The molecule has 1 saturated carbocycles. The maximum absolute atomic E-state index is 13.2. The third-order valence-electron chi connectivity index (χ3n) is 13.3. The van der Waals surface area contributed by atoms with E-state index < -0.39 is 29.7 Å². The van der Waals surface area contributed by atoms with E-state index in [9.17, 15) is 24.3 Å². The van der Waals surface area contributed by atoms with Crippen molar-refractivity contribution in [2.24, 2.45) is 0 Å². The standard InChI is InChI=1S/C50H67N9O10/c1-34(33-65-2)53-50-52-30-40-41(32-58(46(40)55-50)37-10-12-38(60)13-11-37)36-8-6-35(7-9-36)31-57-19-17-56(18-20-57)21-23-67-25-27-69-29-28-68-26-24-66-22-16-51-42-5-3-4-39-45(42)49(64)59(48(39)63)43-14-15-44(61)54-47(43)62/h3-9,30,32,34,37-38,43,51,60H,10-29,31,33H2,1-2H3,(H,52,53,55)(H,54,61,62)/t34-,37-,38-,43?/m0/s1. The Morgan fingerprint density at radius 2 is 1.48 bits per heavy atom. The van der Waals surface area contributed by atoms with E-state index in [4.69, 9.17) is 28.7 Å². The second-order valence-corrected chi connectivity index (χ2v) is 18.2. The predicted octanol–water partition coefficient (Wildman–Crippen LogP) is 3.72. The molecule has 69 heavy (non-hydrogen) atoms. The number of aliphatic hydroxyl groups excluding tert-OH is 1. The highest BCUT2D eigenvalue weighted by molar-refractivity contribution is 6.25. The minimum absolute atomic E-state index is 0.0674. The fraction of sp³-hybridized carbons (Fsp3) is 0.560. The number of imide groups is 2. The van der Waals surface area contributed by atoms with Gasteiger partial charge in [-0.05, 0) is 62.3 Å². The van der Waals surface area contributed by atoms with Crippen molar-refractivity contribution < 1.29 is 48.0 Å². The van der Waals surface area contributed by atoms with Crippen molar-refractivity contribution in [3.8, 4) is 11.1 Å². The lowest BCUT2D eigenvalue weighted by Gasteiger charge is -2.34. The molecule has 5 heterocycles. The first kappa shape index (κ1) is 50.0. The van der Waals surface area contributed by atoms with Gasteiger partial charge in [-0.1, -0.05) is 30.3 Å². The molecule has 2 aromatic carbocycles. The quantitative estimate of drug-likeness (QED) is 0.0551. The molecule has 2 aromatic heterocycles. The summed E-state index contributed by atoms with van der Waals surface area (Å²) in [6.45, 7) is 12.5. The normalized spacial score (nSPS) is 20.7. The van der Waals surface area contributed by atoms with E-state index in [1.807, 2.05) is 6.20 Å². The molecule has 2 saturated heterocycles. The number of amides is 4. The molecule has 0 bridgehead atoms. The SMILES string of the molecule is COC[C@H](C)Nc1ncc2c(-c3ccc(CN4CCN(CCOCCOCCOCCOCCNc5cccc6c5C(=O)N(C5CCC(=O)NC5=O)C6=O)CC4)cc3)cn([C@H]3CC[C@H](O)CC3)c2n1. The summed E-state index contributed by atoms with van der Waals surface area (Å²) in [5, 5.41) is 20.0. The number of methoxy groups -OCH3 is 1. The number of benzene rings is 2. The van der Waals surface area contributed by atoms with Gasteiger partial charge in [0.1, 0.15) is 11.7 Å². The van der Waals surface area contributed by atoms with Crippen molar-refractivity contribution in [1.82, 2.24) is 34.6 Å². The van der Waals surface area contributed by atoms with E-state index in [1.165, 1.54) is 5.56 Å². The molecule has 2 atom stereocenters. The maximum Gasteiger partial charge on any atom is 0.264 e. The van der Waals surface area contributed by atoms with Gasteiger partial charge in [0.05, 0.1) is 76.7 Å². The Kier molecular flexibility index (Phi) is 17.7. The molecule has 4 amide bonds.